The van der Waals surface area contributed by atoms with Gasteiger partial charge in [-0.1, -0.05) is 0 Å². The van der Waals surface area contributed by atoms with Crippen LogP contribution in [0.5, 0.6) is 0 Å². The lowest BCUT2D eigenvalue weighted by Crippen LogP contribution is -2.55. The van der Waals surface area contributed by atoms with Gasteiger partial charge < -0.3 is 20.0 Å². The lowest BCUT2D eigenvalue weighted by Gasteiger charge is -2.35. The molecule has 2 amide bonds. The van der Waals surface area contributed by atoms with E-state index in [1.54, 1.807) is 4.90 Å². The van der Waals surface area contributed by atoms with Crippen LogP contribution in [0, 0.1) is 0 Å². The molecule has 2 N–H and O–H groups in total. The average molecular weight is 287 g/mol. The Labute approximate surface area is 119 Å². The zero-order chi connectivity index (χ0) is 15.3. The molecule has 0 aromatic rings. The minimum atomic E-state index is -1.23. The lowest BCUT2D eigenvalue weighted by molar-refractivity contribution is -0.147. The topological polar surface area (TPSA) is 84.3 Å². The Hall–Kier alpha value is -1.34. The van der Waals surface area contributed by atoms with Crippen LogP contribution in [0.1, 0.15) is 20.3 Å². The molecule has 0 bridgehead atoms. The summed E-state index contributed by atoms with van der Waals surface area (Å²) in [6, 6.07) is -0.261. The van der Waals surface area contributed by atoms with Crippen LogP contribution in [0.25, 0.3) is 0 Å². The first-order valence-corrected chi connectivity index (χ1v) is 6.90. The summed E-state index contributed by atoms with van der Waals surface area (Å²) in [6.45, 7) is 6.47. The fraction of sp³-hybridized carbons (Fsp3) is 0.846. The molecule has 116 valence electrons. The number of carboxylic acid groups (broad SMARTS) is 1. The molecule has 0 aromatic heterocycles. The molecule has 1 fully saturated rings. The fourth-order valence-corrected chi connectivity index (χ4v) is 2.12. The van der Waals surface area contributed by atoms with E-state index >= 15 is 0 Å². The van der Waals surface area contributed by atoms with Crippen LogP contribution in [0.2, 0.25) is 0 Å². The summed E-state index contributed by atoms with van der Waals surface area (Å²) >= 11 is 0. The van der Waals surface area contributed by atoms with Gasteiger partial charge in [0, 0.05) is 33.2 Å². The summed E-state index contributed by atoms with van der Waals surface area (Å²) in [6.07, 6.45) is 0.826. The molecule has 0 spiro atoms. The molecule has 7 heteroatoms. The number of aliphatic hydroxyl groups is 1. The second-order valence-corrected chi connectivity index (χ2v) is 5.61. The zero-order valence-electron chi connectivity index (χ0n) is 12.5. The van der Waals surface area contributed by atoms with E-state index in [2.05, 4.69) is 4.90 Å². The van der Waals surface area contributed by atoms with E-state index in [0.717, 1.165) is 13.0 Å². The number of likely N-dealkylation sites (N-methyl/N-ethyl adjacent to an activating group) is 1. The number of hydrogen-bond acceptors (Lipinski definition) is 4. The molecule has 1 aliphatic rings. The summed E-state index contributed by atoms with van der Waals surface area (Å²) in [4.78, 5) is 28.7. The van der Waals surface area contributed by atoms with Crippen molar-refractivity contribution < 1.29 is 19.8 Å². The minimum absolute atomic E-state index is 0.111. The summed E-state index contributed by atoms with van der Waals surface area (Å²) < 4.78 is 0. The molecule has 1 aliphatic heterocycles. The van der Waals surface area contributed by atoms with Crippen LogP contribution in [0.3, 0.4) is 0 Å². The fourth-order valence-electron chi connectivity index (χ4n) is 2.12. The van der Waals surface area contributed by atoms with Gasteiger partial charge in [0.1, 0.15) is 5.54 Å². The third kappa shape index (κ3) is 3.83. The number of aliphatic carboxylic acids is 1. The van der Waals surface area contributed by atoms with Gasteiger partial charge in [-0.3, -0.25) is 4.90 Å². The highest BCUT2D eigenvalue weighted by molar-refractivity contribution is 5.85. The van der Waals surface area contributed by atoms with Gasteiger partial charge in [-0.2, -0.15) is 0 Å². The molecular weight excluding hydrogens is 262 g/mol. The summed E-state index contributed by atoms with van der Waals surface area (Å²) in [5.41, 5.74) is -1.23. The Balaban J connectivity index is 2.66. The minimum Gasteiger partial charge on any atom is -0.480 e. The molecule has 0 saturated carbocycles. The summed E-state index contributed by atoms with van der Waals surface area (Å²) in [5, 5.41) is 18.1. The highest BCUT2D eigenvalue weighted by atomic mass is 16.4. The van der Waals surface area contributed by atoms with Crippen molar-refractivity contribution in [3.63, 3.8) is 0 Å². The maximum atomic E-state index is 12.4. The van der Waals surface area contributed by atoms with Crippen LogP contribution in [0.4, 0.5) is 4.79 Å². The van der Waals surface area contributed by atoms with E-state index in [1.165, 1.54) is 25.8 Å². The molecule has 0 radical (unpaired) electrons. The second kappa shape index (κ2) is 6.90. The predicted molar refractivity (Wildman–Crippen MR) is 74.6 cm³/mol. The van der Waals surface area contributed by atoms with Crippen molar-refractivity contribution in [2.45, 2.75) is 25.8 Å². The van der Waals surface area contributed by atoms with Crippen molar-refractivity contribution in [1.82, 2.24) is 14.7 Å². The molecule has 1 heterocycles. The van der Waals surface area contributed by atoms with Gasteiger partial charge in [0.05, 0.1) is 6.61 Å². The number of carbonyl (C=O) groups is 2. The molecule has 1 rings (SSSR count). The van der Waals surface area contributed by atoms with Crippen molar-refractivity contribution in [1.29, 1.82) is 0 Å². The number of β-amino-alcohol motifs (C(OH)–C–C–N with tert-alkyl or cyclic N) is 1. The molecule has 20 heavy (non-hydrogen) atoms. The number of carbonyl (C=O) groups excluding carboxylic acids is 1. The van der Waals surface area contributed by atoms with Gasteiger partial charge in [0.15, 0.2) is 0 Å². The van der Waals surface area contributed by atoms with Crippen molar-refractivity contribution in [3.8, 4) is 0 Å². The van der Waals surface area contributed by atoms with E-state index < -0.39 is 11.5 Å². The molecular formula is C13H25N3O4. The Morgan fingerprint density at radius 1 is 1.20 bits per heavy atom. The van der Waals surface area contributed by atoms with Gasteiger partial charge in [0.25, 0.3) is 0 Å². The summed E-state index contributed by atoms with van der Waals surface area (Å²) in [7, 11) is 1.52. The standard InChI is InChI=1S/C13H25N3O4/c1-13(2,11(18)19)14(3)12(20)16-6-4-5-15(7-8-16)9-10-17/h17H,4-10H2,1-3H3,(H,18,19). The van der Waals surface area contributed by atoms with Crippen molar-refractivity contribution in [3.05, 3.63) is 0 Å². The number of aliphatic hydroxyl groups excluding tert-OH is 1. The SMILES string of the molecule is CN(C(=O)N1CCCN(CCO)CC1)C(C)(C)C(=O)O. The van der Waals surface area contributed by atoms with E-state index in [0.29, 0.717) is 26.2 Å². The molecule has 0 atom stereocenters. The Morgan fingerprint density at radius 3 is 2.40 bits per heavy atom. The van der Waals surface area contributed by atoms with Crippen molar-refractivity contribution in [2.24, 2.45) is 0 Å². The maximum Gasteiger partial charge on any atom is 0.329 e. The molecule has 7 nitrogen and oxygen atoms in total. The Kier molecular flexibility index (Phi) is 5.76. The third-order valence-electron chi connectivity index (χ3n) is 3.92. The molecule has 0 unspecified atom stereocenters. The third-order valence-corrected chi connectivity index (χ3v) is 3.92. The van der Waals surface area contributed by atoms with Gasteiger partial charge in [-0.05, 0) is 26.8 Å². The highest BCUT2D eigenvalue weighted by Crippen LogP contribution is 2.16. The van der Waals surface area contributed by atoms with Crippen LogP contribution in [-0.4, -0.2) is 88.8 Å². The average Bonchev–Trinajstić information content (AvgIpc) is 2.63. The predicted octanol–water partition coefficient (Wildman–Crippen LogP) is -0.0986. The largest absolute Gasteiger partial charge is 0.480 e. The maximum absolute atomic E-state index is 12.4. The molecule has 0 aliphatic carbocycles. The molecule has 0 aromatic carbocycles. The Bertz CT molecular complexity index is 360. The van der Waals surface area contributed by atoms with Gasteiger partial charge in [-0.25, -0.2) is 9.59 Å². The summed E-state index contributed by atoms with van der Waals surface area (Å²) in [5.74, 6) is -1.02. The first-order valence-electron chi connectivity index (χ1n) is 6.90. The smallest absolute Gasteiger partial charge is 0.329 e. The van der Waals surface area contributed by atoms with E-state index in [1.807, 2.05) is 0 Å². The number of rotatable bonds is 4. The number of nitrogens with zero attached hydrogens (tertiary/aromatic N) is 3. The van der Waals surface area contributed by atoms with Crippen LogP contribution in [0.15, 0.2) is 0 Å². The number of amides is 2. The Morgan fingerprint density at radius 2 is 1.85 bits per heavy atom. The van der Waals surface area contributed by atoms with Crippen LogP contribution >= 0.6 is 0 Å². The van der Waals surface area contributed by atoms with E-state index in [-0.39, 0.29) is 12.6 Å². The first-order chi connectivity index (χ1) is 9.30. The van der Waals surface area contributed by atoms with Crippen LogP contribution < -0.4 is 0 Å². The van der Waals surface area contributed by atoms with Gasteiger partial charge >= 0.3 is 12.0 Å². The van der Waals surface area contributed by atoms with Gasteiger partial charge in [-0.15, -0.1) is 0 Å². The second-order valence-electron chi connectivity index (χ2n) is 5.61. The number of carboxylic acids is 1. The van der Waals surface area contributed by atoms with Crippen LogP contribution in [-0.2, 0) is 4.79 Å². The van der Waals surface area contributed by atoms with E-state index in [9.17, 15) is 14.7 Å². The number of urea groups is 1. The molecule has 1 saturated heterocycles. The quantitative estimate of drug-likeness (QED) is 0.754. The van der Waals surface area contributed by atoms with Crippen molar-refractivity contribution in [2.75, 3.05) is 46.4 Å². The first kappa shape index (κ1) is 16.7. The normalized spacial score (nSPS) is 17.7. The highest BCUT2D eigenvalue weighted by Gasteiger charge is 2.37. The van der Waals surface area contributed by atoms with Crippen molar-refractivity contribution >= 4 is 12.0 Å². The number of hydrogen-bond donors (Lipinski definition) is 2. The lowest BCUT2D eigenvalue weighted by atomic mass is 10.0. The van der Waals surface area contributed by atoms with E-state index in [4.69, 9.17) is 5.11 Å². The zero-order valence-corrected chi connectivity index (χ0v) is 12.5. The monoisotopic (exact) mass is 287 g/mol. The van der Waals surface area contributed by atoms with Gasteiger partial charge in [0.2, 0.25) is 0 Å².